The Hall–Kier alpha value is -2.19. The minimum absolute atomic E-state index is 0.159. The van der Waals surface area contributed by atoms with Gasteiger partial charge in [-0.2, -0.15) is 5.10 Å². The third kappa shape index (κ3) is 3.49. The van der Waals surface area contributed by atoms with Crippen molar-refractivity contribution in [3.63, 3.8) is 0 Å². The molecular weight excluding hydrogens is 330 g/mol. The second kappa shape index (κ2) is 6.74. The summed E-state index contributed by atoms with van der Waals surface area (Å²) in [6, 6.07) is 8.76. The Labute approximate surface area is 141 Å². The number of hydrogen-bond acceptors (Lipinski definition) is 6. The van der Waals surface area contributed by atoms with Crippen LogP contribution in [0.4, 0.5) is 5.82 Å². The van der Waals surface area contributed by atoms with Crippen molar-refractivity contribution in [2.45, 2.75) is 31.2 Å². The monoisotopic (exact) mass is 349 g/mol. The smallest absolute Gasteiger partial charge is 0.239 e. The van der Waals surface area contributed by atoms with Crippen molar-refractivity contribution in [3.8, 4) is 5.75 Å². The van der Waals surface area contributed by atoms with E-state index < -0.39 is 10.0 Å². The first-order valence-corrected chi connectivity index (χ1v) is 9.12. The minimum atomic E-state index is -3.50. The van der Waals surface area contributed by atoms with Gasteiger partial charge in [-0.25, -0.2) is 12.7 Å². The summed E-state index contributed by atoms with van der Waals surface area (Å²) in [6.45, 7) is -0.0608. The maximum Gasteiger partial charge on any atom is 0.239 e. The summed E-state index contributed by atoms with van der Waals surface area (Å²) >= 11 is 0. The highest BCUT2D eigenvalue weighted by molar-refractivity contribution is 7.93. The molecule has 128 valence electrons. The maximum absolute atomic E-state index is 12.8. The lowest BCUT2D eigenvalue weighted by Gasteiger charge is -2.23. The van der Waals surface area contributed by atoms with Gasteiger partial charge in [0.05, 0.1) is 31.7 Å². The second-order valence-corrected chi connectivity index (χ2v) is 7.82. The average Bonchev–Trinajstić information content (AvgIpc) is 3.45. The SMILES string of the molecule is COc1ccc(CN(c2cc(CO)cnn2)S(=O)(=O)C2CC2)cc1. The zero-order valence-electron chi connectivity index (χ0n) is 13.3. The van der Waals surface area contributed by atoms with Gasteiger partial charge in [-0.05, 0) is 36.6 Å². The Morgan fingerprint density at radius 1 is 1.25 bits per heavy atom. The van der Waals surface area contributed by atoms with Gasteiger partial charge in [0, 0.05) is 5.56 Å². The molecule has 0 aliphatic heterocycles. The molecule has 1 aromatic carbocycles. The fourth-order valence-electron chi connectivity index (χ4n) is 2.35. The Balaban J connectivity index is 1.95. The molecule has 2 aromatic rings. The van der Waals surface area contributed by atoms with E-state index in [4.69, 9.17) is 4.74 Å². The van der Waals surface area contributed by atoms with Crippen LogP contribution in [-0.2, 0) is 23.2 Å². The molecule has 1 aliphatic carbocycles. The summed E-state index contributed by atoms with van der Waals surface area (Å²) in [5.74, 6) is 0.932. The summed E-state index contributed by atoms with van der Waals surface area (Å²) in [5.41, 5.74) is 1.34. The van der Waals surface area contributed by atoms with Gasteiger partial charge in [0.25, 0.3) is 0 Å². The standard InChI is InChI=1S/C16H19N3O4S/c1-23-14-4-2-12(3-5-14)10-19(24(21,22)15-6-7-15)16-8-13(11-20)9-17-18-16/h2-5,8-9,15,20H,6-7,10-11H2,1H3. The summed E-state index contributed by atoms with van der Waals surface area (Å²) in [6.07, 6.45) is 2.74. The molecule has 1 N–H and O–H groups in total. The number of aromatic nitrogens is 2. The van der Waals surface area contributed by atoms with Gasteiger partial charge in [-0.15, -0.1) is 5.10 Å². The van der Waals surface area contributed by atoms with Crippen molar-refractivity contribution < 1.29 is 18.3 Å². The molecule has 0 atom stereocenters. The summed E-state index contributed by atoms with van der Waals surface area (Å²) in [5, 5.41) is 16.7. The number of aliphatic hydroxyl groups excluding tert-OH is 1. The molecule has 3 rings (SSSR count). The van der Waals surface area contributed by atoms with Gasteiger partial charge in [-0.1, -0.05) is 12.1 Å². The predicted molar refractivity (Wildman–Crippen MR) is 89.1 cm³/mol. The number of anilines is 1. The molecule has 24 heavy (non-hydrogen) atoms. The van der Waals surface area contributed by atoms with Crippen LogP contribution >= 0.6 is 0 Å². The van der Waals surface area contributed by atoms with Gasteiger partial charge in [0.1, 0.15) is 5.75 Å². The van der Waals surface area contributed by atoms with E-state index in [0.717, 1.165) is 5.56 Å². The molecule has 1 aromatic heterocycles. The van der Waals surface area contributed by atoms with Crippen LogP contribution < -0.4 is 9.04 Å². The molecule has 0 unspecified atom stereocenters. The molecule has 7 nitrogen and oxygen atoms in total. The molecule has 0 amide bonds. The third-order valence-corrected chi connectivity index (χ3v) is 6.12. The molecule has 8 heteroatoms. The van der Waals surface area contributed by atoms with E-state index in [1.165, 1.54) is 10.5 Å². The largest absolute Gasteiger partial charge is 0.497 e. The Bertz CT molecular complexity index is 804. The first kappa shape index (κ1) is 16.7. The van der Waals surface area contributed by atoms with Gasteiger partial charge in [0.15, 0.2) is 5.82 Å². The van der Waals surface area contributed by atoms with Crippen LogP contribution in [0.25, 0.3) is 0 Å². The summed E-state index contributed by atoms with van der Waals surface area (Å²) in [7, 11) is -1.92. The number of benzene rings is 1. The molecule has 0 spiro atoms. The van der Waals surface area contributed by atoms with Crippen LogP contribution in [0.3, 0.4) is 0 Å². The number of ether oxygens (including phenoxy) is 1. The number of hydrogen-bond donors (Lipinski definition) is 1. The molecular formula is C16H19N3O4S. The maximum atomic E-state index is 12.8. The van der Waals surface area contributed by atoms with E-state index in [0.29, 0.717) is 24.2 Å². The van der Waals surface area contributed by atoms with Crippen molar-refractivity contribution in [1.29, 1.82) is 0 Å². The van der Waals surface area contributed by atoms with Gasteiger partial charge < -0.3 is 9.84 Å². The van der Waals surface area contributed by atoms with Crippen LogP contribution in [0.2, 0.25) is 0 Å². The lowest BCUT2D eigenvalue weighted by molar-refractivity contribution is 0.281. The van der Waals surface area contributed by atoms with E-state index in [1.807, 2.05) is 12.1 Å². The topological polar surface area (TPSA) is 92.6 Å². The van der Waals surface area contributed by atoms with Gasteiger partial charge in [-0.3, -0.25) is 0 Å². The van der Waals surface area contributed by atoms with E-state index in [9.17, 15) is 13.5 Å². The van der Waals surface area contributed by atoms with Crippen LogP contribution in [0.5, 0.6) is 5.75 Å². The molecule has 0 saturated heterocycles. The summed E-state index contributed by atoms with van der Waals surface area (Å²) in [4.78, 5) is 0. The fraction of sp³-hybridized carbons (Fsp3) is 0.375. The Morgan fingerprint density at radius 3 is 2.54 bits per heavy atom. The highest BCUT2D eigenvalue weighted by atomic mass is 32.2. The van der Waals surface area contributed by atoms with Gasteiger partial charge >= 0.3 is 0 Å². The first-order valence-electron chi connectivity index (χ1n) is 7.61. The zero-order valence-corrected chi connectivity index (χ0v) is 14.1. The Morgan fingerprint density at radius 2 is 1.96 bits per heavy atom. The van der Waals surface area contributed by atoms with E-state index in [1.54, 1.807) is 25.3 Å². The quantitative estimate of drug-likeness (QED) is 0.814. The number of aliphatic hydroxyl groups is 1. The molecule has 1 aliphatic rings. The Kier molecular flexibility index (Phi) is 4.68. The van der Waals surface area contributed by atoms with Crippen molar-refractivity contribution in [1.82, 2.24) is 10.2 Å². The minimum Gasteiger partial charge on any atom is -0.497 e. The van der Waals surface area contributed by atoms with E-state index in [2.05, 4.69) is 10.2 Å². The van der Waals surface area contributed by atoms with Crippen LogP contribution in [0.15, 0.2) is 36.5 Å². The lowest BCUT2D eigenvalue weighted by atomic mass is 10.2. The number of rotatable bonds is 7. The molecule has 1 heterocycles. The molecule has 1 fully saturated rings. The van der Waals surface area contributed by atoms with E-state index in [-0.39, 0.29) is 24.2 Å². The lowest BCUT2D eigenvalue weighted by Crippen LogP contribution is -2.34. The van der Waals surface area contributed by atoms with Crippen LogP contribution in [0.1, 0.15) is 24.0 Å². The molecule has 1 saturated carbocycles. The van der Waals surface area contributed by atoms with Crippen molar-refractivity contribution in [2.75, 3.05) is 11.4 Å². The highest BCUT2D eigenvalue weighted by Gasteiger charge is 2.41. The number of nitrogens with zero attached hydrogens (tertiary/aromatic N) is 3. The zero-order chi connectivity index (χ0) is 17.2. The average molecular weight is 349 g/mol. The third-order valence-electron chi connectivity index (χ3n) is 3.87. The van der Waals surface area contributed by atoms with E-state index >= 15 is 0 Å². The van der Waals surface area contributed by atoms with Crippen LogP contribution in [-0.4, -0.2) is 36.1 Å². The fourth-order valence-corrected chi connectivity index (χ4v) is 4.12. The molecule has 0 radical (unpaired) electrons. The van der Waals surface area contributed by atoms with Crippen molar-refractivity contribution in [3.05, 3.63) is 47.7 Å². The molecule has 0 bridgehead atoms. The first-order chi connectivity index (χ1) is 11.5. The summed E-state index contributed by atoms with van der Waals surface area (Å²) < 4.78 is 32.0. The second-order valence-electron chi connectivity index (χ2n) is 5.68. The predicted octanol–water partition coefficient (Wildman–Crippen LogP) is 1.48. The number of methoxy groups -OCH3 is 1. The normalized spacial score (nSPS) is 14.4. The highest BCUT2D eigenvalue weighted by Crippen LogP contribution is 2.34. The number of sulfonamides is 1. The van der Waals surface area contributed by atoms with Crippen molar-refractivity contribution in [2.24, 2.45) is 0 Å². The van der Waals surface area contributed by atoms with Crippen molar-refractivity contribution >= 4 is 15.8 Å². The van der Waals surface area contributed by atoms with Gasteiger partial charge in [0.2, 0.25) is 10.0 Å². The van der Waals surface area contributed by atoms with Crippen LogP contribution in [0, 0.1) is 0 Å².